The van der Waals surface area contributed by atoms with Gasteiger partial charge in [0.2, 0.25) is 0 Å². The lowest BCUT2D eigenvalue weighted by atomic mass is 9.74. The number of carboxylic acids is 1. The van der Waals surface area contributed by atoms with Crippen molar-refractivity contribution in [3.8, 4) is 46.0 Å². The van der Waals surface area contributed by atoms with Gasteiger partial charge < -0.3 is 102 Å². The number of rotatable bonds is 17. The van der Waals surface area contributed by atoms with Crippen LogP contribution in [0.4, 0.5) is 37.1 Å². The molecule has 0 radical (unpaired) electrons. The predicted octanol–water partition coefficient (Wildman–Crippen LogP) is 23.8. The van der Waals surface area contributed by atoms with E-state index in [1.165, 1.54) is 4.90 Å². The van der Waals surface area contributed by atoms with Gasteiger partial charge in [0.15, 0.2) is 23.0 Å². The number of aliphatic carboxylic acids is 1. The second kappa shape index (κ2) is 47.2. The Morgan fingerprint density at radius 2 is 0.640 bits per heavy atom. The predicted molar refractivity (Wildman–Crippen MR) is 580 cm³/mol. The average molecular weight is 2140 g/mol. The molecule has 0 aromatic heterocycles. The van der Waals surface area contributed by atoms with Gasteiger partial charge in [-0.2, -0.15) is 0 Å². The lowest BCUT2D eigenvalue weighted by Crippen LogP contribution is -2.63. The van der Waals surface area contributed by atoms with Crippen molar-refractivity contribution in [3.05, 3.63) is 212 Å². The van der Waals surface area contributed by atoms with Gasteiger partial charge in [-0.15, -0.1) is 0 Å². The summed E-state index contributed by atoms with van der Waals surface area (Å²) < 4.78 is 58.9. The molecule has 3 amide bonds. The third-order valence-corrected chi connectivity index (χ3v) is 26.8. The molecular formula is C114H141Cl4N11O21. The first-order valence-electron chi connectivity index (χ1n) is 50.8. The SMILES string of the molecule is CC(C)(C)OC(=O)N1CCN(C2=Nc3cc(Cl)ccc3Oc3ccccc32)C[C@@H]1CC(=O)O.C[C@H](CC(C)(C)O)OC(=O)C(C)(C)[C@@H]1CCCN(C2=Nc3cc(Cl)ccc3Oc3ccccc32)C1.C[C@H](CC(C)(C)O)OC(=O)C(C)(C)[C@H]1CN(C2=Nc3cc(Cl)ccc3Oc3ccccc32)CCN1C(=O)OC(C)(C)C.C[C@H](CC(C)(C)O)OC(=O)C[C@H]1CN(C2=Nc3cc(Cl)ccc3Oc3ccccc32)CCN1C(=O)OC(C)(C)C. The van der Waals surface area contributed by atoms with Gasteiger partial charge in [0.25, 0.3) is 0 Å². The molecule has 4 N–H and O–H groups in total. The summed E-state index contributed by atoms with van der Waals surface area (Å²) in [5.74, 6) is 5.79. The number of benzene rings is 8. The smallest absolute Gasteiger partial charge is 0.410 e. The van der Waals surface area contributed by atoms with Crippen molar-refractivity contribution in [1.82, 2.24) is 34.3 Å². The first-order chi connectivity index (χ1) is 70.2. The Bertz CT molecular complexity index is 6390. The molecule has 0 bridgehead atoms. The Balaban J connectivity index is 0.000000167. The quantitative estimate of drug-likeness (QED) is 0.0486. The molecule has 4 fully saturated rings. The number of piperazine rings is 3. The minimum Gasteiger partial charge on any atom is -0.481 e. The van der Waals surface area contributed by atoms with Gasteiger partial charge in [-0.25, -0.2) is 34.4 Å². The standard InChI is InChI=1S/C32H42ClN3O6.C30H38ClN3O6.C28H35ClN2O4.C24H26ClN3O5/c1-20(18-31(5,6)39)40-28(37)32(7,8)26-19-35(15-16-36(26)29(38)42-30(2,3)4)27-22-11-9-10-12-24(22)41-25-14-13-21(33)17-23(25)34-27;1-19(17-30(5,6)37)38-26(35)16-21-18-33(13-14-34(21)28(36)40-29(2,3)4)27-22-9-7-8-10-24(22)39-25-12-11-20(31)15-23(25)32-27;1-18(16-27(2,3)33)34-26(32)28(4,5)19-9-8-14-31(17-19)25-21-10-6-7-11-23(21)35-24-13-12-20(29)15-22(24)30-25;1-24(2,3)33-23(31)28-11-10-27(14-16(28)13-21(29)30)22-17-6-4-5-7-19(17)32-20-9-8-15(25)12-18(20)26-22/h9-14,17,20,26,39H,15-16,18-19H2,1-8H3;7-12,15,19,21,37H,13-14,16-18H2,1-6H3;6-7,10-13,15,18-19,33H,8-9,14,16-17H2,1-5H3;4-9,12,16H,10-11,13-14H2,1-3H3,(H,29,30)/t20-,26-;19-,21+;18-,19-;16-/m1110/s1. The van der Waals surface area contributed by atoms with Gasteiger partial charge in [0, 0.05) is 111 Å². The van der Waals surface area contributed by atoms with E-state index in [9.17, 15) is 54.0 Å². The summed E-state index contributed by atoms with van der Waals surface area (Å²) in [6.45, 7) is 43.8. The fourth-order valence-corrected chi connectivity index (χ4v) is 19.8. The monoisotopic (exact) mass is 2140 g/mol. The Morgan fingerprint density at radius 1 is 0.353 bits per heavy atom. The fourth-order valence-electron chi connectivity index (χ4n) is 19.1. The molecule has 0 aliphatic carbocycles. The van der Waals surface area contributed by atoms with Crippen LogP contribution in [0.5, 0.6) is 46.0 Å². The van der Waals surface area contributed by atoms with Gasteiger partial charge in [-0.05, 0) is 292 Å². The minimum atomic E-state index is -1.13. The summed E-state index contributed by atoms with van der Waals surface area (Å²) in [7, 11) is 0. The largest absolute Gasteiger partial charge is 0.481 e. The van der Waals surface area contributed by atoms with E-state index in [-0.39, 0.29) is 50.3 Å². The number of hydrogen-bond donors (Lipinski definition) is 4. The topological polar surface area (TPSA) is 365 Å². The van der Waals surface area contributed by atoms with E-state index >= 15 is 0 Å². The number of piperidine rings is 1. The van der Waals surface area contributed by atoms with E-state index in [1.54, 1.807) is 160 Å². The van der Waals surface area contributed by atoms with Crippen molar-refractivity contribution >= 4 is 135 Å². The van der Waals surface area contributed by atoms with E-state index in [0.717, 1.165) is 53.2 Å². The van der Waals surface area contributed by atoms with Gasteiger partial charge in [0.05, 0.1) is 80.9 Å². The van der Waals surface area contributed by atoms with Gasteiger partial charge in [0.1, 0.15) is 104 Å². The number of carbonyl (C=O) groups excluding carboxylic acids is 6. The van der Waals surface area contributed by atoms with Crippen molar-refractivity contribution in [1.29, 1.82) is 0 Å². The molecule has 0 spiro atoms. The number of carbonyl (C=O) groups is 7. The third kappa shape index (κ3) is 30.7. The molecule has 36 heteroatoms. The van der Waals surface area contributed by atoms with Gasteiger partial charge in [-0.3, -0.25) is 19.2 Å². The number of aliphatic imine (C=N–C) groups is 4. The highest BCUT2D eigenvalue weighted by molar-refractivity contribution is 6.32. The van der Waals surface area contributed by atoms with Crippen molar-refractivity contribution in [2.24, 2.45) is 36.7 Å². The van der Waals surface area contributed by atoms with Crippen molar-refractivity contribution in [2.75, 3.05) is 72.0 Å². The van der Waals surface area contributed by atoms with Crippen molar-refractivity contribution in [2.45, 2.75) is 267 Å². The Kier molecular flexibility index (Phi) is 36.1. The van der Waals surface area contributed by atoms with E-state index in [0.29, 0.717) is 166 Å². The zero-order valence-electron chi connectivity index (χ0n) is 89.6. The van der Waals surface area contributed by atoms with Crippen LogP contribution < -0.4 is 18.9 Å². The second-order valence-corrected chi connectivity index (χ2v) is 46.8. The number of amides is 3. The van der Waals surface area contributed by atoms with Crippen LogP contribution in [0.2, 0.25) is 20.1 Å². The van der Waals surface area contributed by atoms with E-state index in [1.807, 2.05) is 176 Å². The number of amidine groups is 4. The molecule has 32 nitrogen and oxygen atoms in total. The van der Waals surface area contributed by atoms with Gasteiger partial charge in [-0.1, -0.05) is 94.9 Å². The molecule has 0 saturated carbocycles. The van der Waals surface area contributed by atoms with Crippen LogP contribution in [0.1, 0.15) is 220 Å². The number of para-hydroxylation sites is 4. The van der Waals surface area contributed by atoms with Gasteiger partial charge >= 0.3 is 42.2 Å². The maximum atomic E-state index is 13.7. The highest BCUT2D eigenvalue weighted by Crippen LogP contribution is 2.48. The molecule has 8 aromatic rings. The normalized spacial score (nSPS) is 18.2. The lowest BCUT2D eigenvalue weighted by Gasteiger charge is -2.48. The first-order valence-corrected chi connectivity index (χ1v) is 52.3. The Labute approximate surface area is 898 Å². The number of nitrogens with zero attached hydrogens (tertiary/aromatic N) is 11. The van der Waals surface area contributed by atoms with Crippen LogP contribution in [0.15, 0.2) is 190 Å². The summed E-state index contributed by atoms with van der Waals surface area (Å²) in [6.07, 6.45) is -0.309. The molecule has 0 unspecified atom stereocenters. The molecule has 4 saturated heterocycles. The summed E-state index contributed by atoms with van der Waals surface area (Å²) in [4.78, 5) is 124. The number of likely N-dealkylation sites (tertiary alicyclic amines) is 1. The Hall–Kier alpha value is -12.4. The zero-order valence-corrected chi connectivity index (χ0v) is 92.6. The Morgan fingerprint density at radius 3 is 0.960 bits per heavy atom. The number of aliphatic hydroxyl groups is 3. The van der Waals surface area contributed by atoms with E-state index in [2.05, 4.69) is 14.7 Å². The maximum absolute atomic E-state index is 13.7. The molecule has 806 valence electrons. The highest BCUT2D eigenvalue weighted by atomic mass is 35.5. The van der Waals surface area contributed by atoms with Crippen LogP contribution in [0, 0.1) is 16.7 Å². The summed E-state index contributed by atoms with van der Waals surface area (Å²) >= 11 is 25.1. The fraction of sp³-hybridized carbons (Fsp3) is 0.482. The molecule has 7 atom stereocenters. The van der Waals surface area contributed by atoms with E-state index in [4.69, 9.17) is 114 Å². The van der Waals surface area contributed by atoms with Crippen molar-refractivity contribution < 1.29 is 101 Å². The number of fused-ring (bicyclic) bond motifs is 8. The van der Waals surface area contributed by atoms with Crippen LogP contribution in [-0.4, -0.2) is 262 Å². The second-order valence-electron chi connectivity index (χ2n) is 45.1. The lowest BCUT2D eigenvalue weighted by molar-refractivity contribution is -0.166. The van der Waals surface area contributed by atoms with Crippen LogP contribution in [-0.2, 0) is 47.6 Å². The summed E-state index contributed by atoms with van der Waals surface area (Å²) in [6, 6.07) is 50.2. The maximum Gasteiger partial charge on any atom is 0.410 e. The number of carboxylic acid groups (broad SMARTS) is 1. The van der Waals surface area contributed by atoms with E-state index < -0.39 is 111 Å². The molecule has 8 aliphatic heterocycles. The van der Waals surface area contributed by atoms with Crippen LogP contribution >= 0.6 is 46.4 Å². The van der Waals surface area contributed by atoms with Crippen LogP contribution in [0.25, 0.3) is 0 Å². The molecule has 150 heavy (non-hydrogen) atoms. The number of halogens is 4. The molecular weight excluding hydrogens is 2000 g/mol. The first kappa shape index (κ1) is 115. The molecule has 8 heterocycles. The third-order valence-electron chi connectivity index (χ3n) is 25.9. The highest BCUT2D eigenvalue weighted by Gasteiger charge is 2.50. The molecule has 8 aliphatic rings. The number of ether oxygens (including phenoxy) is 10. The number of esters is 3. The zero-order chi connectivity index (χ0) is 109. The minimum absolute atomic E-state index is 0.0419. The summed E-state index contributed by atoms with van der Waals surface area (Å²) in [5, 5.41) is 42.1. The summed E-state index contributed by atoms with van der Waals surface area (Å²) in [5.41, 5.74) is -1.05. The molecule has 8 aromatic carbocycles. The van der Waals surface area contributed by atoms with Crippen molar-refractivity contribution in [3.63, 3.8) is 0 Å². The van der Waals surface area contributed by atoms with Crippen LogP contribution in [0.3, 0.4) is 0 Å². The molecule has 16 rings (SSSR count). The average Bonchev–Trinajstić information content (AvgIpc) is 1.31. The number of hydrogen-bond acceptors (Lipinski definition) is 28.